The van der Waals surface area contributed by atoms with Crippen molar-refractivity contribution >= 4 is 0 Å². The smallest absolute Gasteiger partial charge is 0.115 e. The number of benzene rings is 1. The fourth-order valence-corrected chi connectivity index (χ4v) is 4.81. The predicted octanol–water partition coefficient (Wildman–Crippen LogP) is 2.60. The number of aliphatic hydroxyl groups excluding tert-OH is 1. The van der Waals surface area contributed by atoms with Crippen molar-refractivity contribution in [3.63, 3.8) is 0 Å². The quantitative estimate of drug-likeness (QED) is 0.764. The molecule has 1 aliphatic heterocycles. The second kappa shape index (κ2) is 4.22. The highest BCUT2D eigenvalue weighted by atomic mass is 16.5. The molecule has 2 N–H and O–H groups in total. The summed E-state index contributed by atoms with van der Waals surface area (Å²) in [6.07, 6.45) is 4.15. The van der Waals surface area contributed by atoms with Crippen LogP contribution in [0.5, 0.6) is 5.75 Å². The Kier molecular flexibility index (Phi) is 2.67. The molecule has 1 saturated carbocycles. The van der Waals surface area contributed by atoms with Crippen LogP contribution in [0.2, 0.25) is 0 Å². The van der Waals surface area contributed by atoms with Crippen LogP contribution in [0.15, 0.2) is 18.2 Å². The van der Waals surface area contributed by atoms with Crippen molar-refractivity contribution < 1.29 is 14.9 Å². The number of hydrogen-bond donors (Lipinski definition) is 2. The van der Waals surface area contributed by atoms with Gasteiger partial charge < -0.3 is 14.9 Å². The van der Waals surface area contributed by atoms with E-state index in [2.05, 4.69) is 13.0 Å². The summed E-state index contributed by atoms with van der Waals surface area (Å²) in [6.45, 7) is 2.69. The molecular formula is C17H22O3. The van der Waals surface area contributed by atoms with Gasteiger partial charge in [-0.1, -0.05) is 13.0 Å². The number of aliphatic hydroxyl groups is 1. The van der Waals surface area contributed by atoms with Gasteiger partial charge in [-0.05, 0) is 60.8 Å². The molecular weight excluding hydrogens is 252 g/mol. The van der Waals surface area contributed by atoms with Gasteiger partial charge in [-0.3, -0.25) is 0 Å². The standard InChI is InChI=1S/C17H22O3/c1-17-7-6-13-12-5-3-11(18)8-10(12)2-4-14(13)16(17)20-9-15(17)19/h3,5,8,13-16,18-19H,2,4,6-7,9H2,1H3/t13-,14-,15-,16+,17-/m1/s1. The number of aromatic hydroxyl groups is 1. The number of fused-ring (bicyclic) bond motifs is 5. The van der Waals surface area contributed by atoms with E-state index in [1.54, 1.807) is 6.07 Å². The fraction of sp³-hybridized carbons (Fsp3) is 0.647. The van der Waals surface area contributed by atoms with E-state index >= 15 is 0 Å². The Hall–Kier alpha value is -1.06. The van der Waals surface area contributed by atoms with E-state index < -0.39 is 0 Å². The largest absolute Gasteiger partial charge is 0.508 e. The van der Waals surface area contributed by atoms with Crippen molar-refractivity contribution in [2.75, 3.05) is 6.61 Å². The Balaban J connectivity index is 1.71. The van der Waals surface area contributed by atoms with Crippen molar-refractivity contribution in [2.24, 2.45) is 11.3 Å². The van der Waals surface area contributed by atoms with E-state index in [-0.39, 0.29) is 17.6 Å². The number of phenolic OH excluding ortho intramolecular Hbond substituents is 1. The molecule has 3 heteroatoms. The second-order valence-electron chi connectivity index (χ2n) is 7.01. The van der Waals surface area contributed by atoms with Crippen LogP contribution < -0.4 is 0 Å². The number of ether oxygens (including phenoxy) is 1. The summed E-state index contributed by atoms with van der Waals surface area (Å²) in [6, 6.07) is 5.82. The molecule has 1 aromatic carbocycles. The minimum atomic E-state index is -0.310. The molecule has 2 fully saturated rings. The van der Waals surface area contributed by atoms with Crippen LogP contribution in [0.3, 0.4) is 0 Å². The Labute approximate surface area is 119 Å². The average Bonchev–Trinajstić information content (AvgIpc) is 2.74. The van der Waals surface area contributed by atoms with Crippen LogP contribution in [0, 0.1) is 11.3 Å². The van der Waals surface area contributed by atoms with Crippen molar-refractivity contribution in [3.8, 4) is 5.75 Å². The Bertz CT molecular complexity index is 541. The normalized spacial score (nSPS) is 42.7. The maximum atomic E-state index is 10.2. The zero-order valence-electron chi connectivity index (χ0n) is 11.9. The molecule has 0 amide bonds. The SMILES string of the molecule is C[C@]12CC[C@@H]3c4ccc(O)cc4CC[C@H]3[C@@H]1OC[C@H]2O. The van der Waals surface area contributed by atoms with Crippen LogP contribution in [0.4, 0.5) is 0 Å². The maximum absolute atomic E-state index is 10.2. The summed E-state index contributed by atoms with van der Waals surface area (Å²) < 4.78 is 5.98. The van der Waals surface area contributed by atoms with Crippen LogP contribution >= 0.6 is 0 Å². The van der Waals surface area contributed by atoms with E-state index in [9.17, 15) is 10.2 Å². The summed E-state index contributed by atoms with van der Waals surface area (Å²) in [5, 5.41) is 19.9. The highest BCUT2D eigenvalue weighted by Gasteiger charge is 2.55. The minimum Gasteiger partial charge on any atom is -0.508 e. The highest BCUT2D eigenvalue weighted by molar-refractivity contribution is 5.40. The van der Waals surface area contributed by atoms with Gasteiger partial charge in [0.2, 0.25) is 0 Å². The summed E-state index contributed by atoms with van der Waals surface area (Å²) in [5.41, 5.74) is 2.63. The van der Waals surface area contributed by atoms with Crippen LogP contribution in [-0.4, -0.2) is 29.0 Å². The summed E-state index contributed by atoms with van der Waals surface area (Å²) >= 11 is 0. The number of aryl methyl sites for hydroxylation is 1. The van der Waals surface area contributed by atoms with E-state index in [0.717, 1.165) is 25.7 Å². The summed E-state index contributed by atoms with van der Waals surface area (Å²) in [5.74, 6) is 1.42. The second-order valence-corrected chi connectivity index (χ2v) is 7.01. The van der Waals surface area contributed by atoms with Gasteiger partial charge in [0.25, 0.3) is 0 Å². The first-order valence-corrected chi connectivity index (χ1v) is 7.71. The molecule has 5 atom stereocenters. The molecule has 0 bridgehead atoms. The lowest BCUT2D eigenvalue weighted by Crippen LogP contribution is -2.48. The van der Waals surface area contributed by atoms with Crippen LogP contribution in [0.1, 0.15) is 43.2 Å². The third-order valence-electron chi connectivity index (χ3n) is 6.02. The molecule has 108 valence electrons. The lowest BCUT2D eigenvalue weighted by molar-refractivity contribution is -0.0477. The monoisotopic (exact) mass is 274 g/mol. The molecule has 1 saturated heterocycles. The molecule has 1 aromatic rings. The summed E-state index contributed by atoms with van der Waals surface area (Å²) in [7, 11) is 0. The molecule has 0 unspecified atom stereocenters. The van der Waals surface area contributed by atoms with Gasteiger partial charge >= 0.3 is 0 Å². The molecule has 20 heavy (non-hydrogen) atoms. The minimum absolute atomic E-state index is 0.0599. The molecule has 0 spiro atoms. The maximum Gasteiger partial charge on any atom is 0.115 e. The summed E-state index contributed by atoms with van der Waals surface area (Å²) in [4.78, 5) is 0. The zero-order valence-corrected chi connectivity index (χ0v) is 11.9. The predicted molar refractivity (Wildman–Crippen MR) is 75.7 cm³/mol. The van der Waals surface area contributed by atoms with Crippen molar-refractivity contribution in [1.82, 2.24) is 0 Å². The molecule has 4 rings (SSSR count). The number of phenols is 1. The van der Waals surface area contributed by atoms with Gasteiger partial charge in [-0.15, -0.1) is 0 Å². The van der Waals surface area contributed by atoms with Gasteiger partial charge in [0, 0.05) is 5.41 Å². The fourth-order valence-electron chi connectivity index (χ4n) is 4.81. The highest BCUT2D eigenvalue weighted by Crippen LogP contribution is 2.56. The lowest BCUT2D eigenvalue weighted by Gasteiger charge is -2.48. The van der Waals surface area contributed by atoms with E-state index in [0.29, 0.717) is 24.2 Å². The number of hydrogen-bond acceptors (Lipinski definition) is 3. The van der Waals surface area contributed by atoms with Crippen molar-refractivity contribution in [3.05, 3.63) is 29.3 Å². The van der Waals surface area contributed by atoms with Crippen molar-refractivity contribution in [2.45, 2.75) is 50.7 Å². The lowest BCUT2D eigenvalue weighted by atomic mass is 9.58. The molecule has 0 aromatic heterocycles. The van der Waals surface area contributed by atoms with Crippen LogP contribution in [0.25, 0.3) is 0 Å². The zero-order chi connectivity index (χ0) is 13.9. The van der Waals surface area contributed by atoms with Crippen molar-refractivity contribution in [1.29, 1.82) is 0 Å². The molecule has 0 radical (unpaired) electrons. The van der Waals surface area contributed by atoms with E-state index in [1.807, 2.05) is 6.07 Å². The Morgan fingerprint density at radius 3 is 3.00 bits per heavy atom. The molecule has 3 nitrogen and oxygen atoms in total. The van der Waals surface area contributed by atoms with Gasteiger partial charge in [0.15, 0.2) is 0 Å². The van der Waals surface area contributed by atoms with Gasteiger partial charge in [0.1, 0.15) is 5.75 Å². The number of rotatable bonds is 0. The Morgan fingerprint density at radius 2 is 2.15 bits per heavy atom. The first kappa shape index (κ1) is 12.7. The third-order valence-corrected chi connectivity index (χ3v) is 6.02. The van der Waals surface area contributed by atoms with Gasteiger partial charge in [-0.2, -0.15) is 0 Å². The van der Waals surface area contributed by atoms with Gasteiger partial charge in [-0.25, -0.2) is 0 Å². The topological polar surface area (TPSA) is 49.7 Å². The van der Waals surface area contributed by atoms with Crippen LogP contribution in [-0.2, 0) is 11.2 Å². The first-order valence-electron chi connectivity index (χ1n) is 7.71. The molecule has 3 aliphatic rings. The Morgan fingerprint density at radius 1 is 1.30 bits per heavy atom. The third kappa shape index (κ3) is 1.60. The average molecular weight is 274 g/mol. The molecule has 1 heterocycles. The van der Waals surface area contributed by atoms with E-state index in [1.165, 1.54) is 11.1 Å². The van der Waals surface area contributed by atoms with Gasteiger partial charge in [0.05, 0.1) is 18.8 Å². The van der Waals surface area contributed by atoms with E-state index in [4.69, 9.17) is 4.74 Å². The molecule has 2 aliphatic carbocycles. The first-order chi connectivity index (χ1) is 9.59.